The van der Waals surface area contributed by atoms with Gasteiger partial charge in [0.25, 0.3) is 0 Å². The maximum atomic E-state index is 10.5. The molecule has 0 radical (unpaired) electrons. The topological polar surface area (TPSA) is 103 Å². The van der Waals surface area contributed by atoms with Crippen LogP contribution in [0.2, 0.25) is 0 Å². The predicted octanol–water partition coefficient (Wildman–Crippen LogP) is 13.7. The molecule has 0 heterocycles. The van der Waals surface area contributed by atoms with Crippen LogP contribution < -0.4 is 33.2 Å². The molecule has 0 saturated heterocycles. The van der Waals surface area contributed by atoms with Gasteiger partial charge < -0.3 is 5.73 Å². The Morgan fingerprint density at radius 2 is 0.529 bits per heavy atom. The number of hydrogen-bond acceptors (Lipinski definition) is 5. The minimum Gasteiger partial charge on any atom is -0.351 e. The average molecular weight is 723 g/mol. The van der Waals surface area contributed by atoms with Crippen LogP contribution in [0.4, 0.5) is 4.79 Å². The van der Waals surface area contributed by atoms with Crippen LogP contribution in [0.1, 0.15) is 270 Å². The normalized spacial score (nSPS) is 11.5. The van der Waals surface area contributed by atoms with E-state index in [2.05, 4.69) is 34.4 Å². The molecule has 0 atom stereocenters. The molecule has 0 rings (SSSR count). The summed E-state index contributed by atoms with van der Waals surface area (Å²) in [4.78, 5) is 10.5. The van der Waals surface area contributed by atoms with Crippen molar-refractivity contribution < 1.29 is 4.79 Å². The van der Waals surface area contributed by atoms with Gasteiger partial charge in [0, 0.05) is 6.54 Å². The molecule has 0 aromatic rings. The van der Waals surface area contributed by atoms with Crippen molar-refractivity contribution in [1.82, 2.24) is 27.5 Å². The van der Waals surface area contributed by atoms with Crippen LogP contribution >= 0.6 is 0 Å². The number of hydrogen-bond donors (Lipinski definition) is 6. The minimum atomic E-state index is -0.637. The molecular weight excluding hydrogens is 629 g/mol. The summed E-state index contributed by atoms with van der Waals surface area (Å²) in [6.07, 6.45) is 59.3. The molecule has 0 spiro atoms. The van der Waals surface area contributed by atoms with Gasteiger partial charge in [-0.3, -0.25) is 5.43 Å². The second kappa shape index (κ2) is 47.1. The van der Waals surface area contributed by atoms with Gasteiger partial charge in [-0.2, -0.15) is 16.6 Å². The van der Waals surface area contributed by atoms with Crippen LogP contribution in [0.5, 0.6) is 0 Å². The number of unbranched alkanes of at least 4 members (excludes halogenated alkanes) is 40. The lowest BCUT2D eigenvalue weighted by atomic mass is 10.0. The van der Waals surface area contributed by atoms with E-state index in [0.29, 0.717) is 0 Å². The molecule has 0 saturated carbocycles. The summed E-state index contributed by atoms with van der Waals surface area (Å²) in [6, 6.07) is -0.637. The minimum absolute atomic E-state index is 0.637. The fourth-order valence-electron chi connectivity index (χ4n) is 7.41. The fourth-order valence-corrected chi connectivity index (χ4v) is 7.41. The molecule has 0 aliphatic carbocycles. The highest BCUT2D eigenvalue weighted by molar-refractivity contribution is 5.70. The van der Waals surface area contributed by atoms with E-state index in [1.165, 1.54) is 257 Å². The van der Waals surface area contributed by atoms with E-state index in [-0.39, 0.29) is 0 Å². The monoisotopic (exact) mass is 723 g/mol. The molecular formula is C44H94N6O. The summed E-state index contributed by atoms with van der Waals surface area (Å²) in [5.74, 6) is 0. The average Bonchev–Trinajstić information content (AvgIpc) is 3.13. The van der Waals surface area contributed by atoms with Crippen molar-refractivity contribution in [2.45, 2.75) is 270 Å². The molecule has 2 amide bonds. The van der Waals surface area contributed by atoms with Crippen molar-refractivity contribution >= 4 is 6.03 Å². The third-order valence-corrected chi connectivity index (χ3v) is 10.8. The van der Waals surface area contributed by atoms with Crippen LogP contribution in [0.3, 0.4) is 0 Å². The Bertz CT molecular complexity index is 637. The van der Waals surface area contributed by atoms with Crippen LogP contribution in [0.15, 0.2) is 0 Å². The Labute approximate surface area is 320 Å². The number of nitrogens with two attached hydrogens (primary N) is 1. The van der Waals surface area contributed by atoms with Gasteiger partial charge in [0.05, 0.1) is 0 Å². The maximum Gasteiger partial charge on any atom is 0.327 e. The Morgan fingerprint density at radius 1 is 0.314 bits per heavy atom. The molecule has 0 unspecified atom stereocenters. The smallest absolute Gasteiger partial charge is 0.327 e. The summed E-state index contributed by atoms with van der Waals surface area (Å²) in [6.45, 7) is 3.19. The molecule has 0 aliphatic rings. The summed E-state index contributed by atoms with van der Waals surface area (Å²) < 4.78 is 0. The van der Waals surface area contributed by atoms with Crippen molar-refractivity contribution in [2.75, 3.05) is 6.54 Å². The quantitative estimate of drug-likeness (QED) is 0.0277. The Balaban J connectivity index is 3.05. The lowest BCUT2D eigenvalue weighted by Gasteiger charge is -2.09. The van der Waals surface area contributed by atoms with E-state index in [0.717, 1.165) is 13.0 Å². The molecule has 7 N–H and O–H groups in total. The van der Waals surface area contributed by atoms with Gasteiger partial charge >= 0.3 is 6.03 Å². The maximum absolute atomic E-state index is 10.5. The number of nitrogens with one attached hydrogen (secondary N) is 5. The lowest BCUT2D eigenvalue weighted by Crippen LogP contribution is -2.57. The first-order chi connectivity index (χ1) is 25.3. The van der Waals surface area contributed by atoms with Crippen LogP contribution in [-0.4, -0.2) is 12.6 Å². The highest BCUT2D eigenvalue weighted by Gasteiger charge is 1.98. The van der Waals surface area contributed by atoms with Gasteiger partial charge in [0.2, 0.25) is 0 Å². The number of primary amides is 1. The van der Waals surface area contributed by atoms with Gasteiger partial charge in [0.1, 0.15) is 0 Å². The molecule has 0 fully saturated rings. The first kappa shape index (κ1) is 50.1. The second-order valence-electron chi connectivity index (χ2n) is 15.9. The number of carbonyl (C=O) groups excluding carboxylic acids is 1. The zero-order chi connectivity index (χ0) is 36.8. The Hall–Kier alpha value is -0.890. The van der Waals surface area contributed by atoms with E-state index < -0.39 is 6.03 Å². The number of rotatable bonds is 46. The van der Waals surface area contributed by atoms with Crippen molar-refractivity contribution in [3.63, 3.8) is 0 Å². The first-order valence-electron chi connectivity index (χ1n) is 23.3. The summed E-state index contributed by atoms with van der Waals surface area (Å²) in [5, 5.41) is 0. The first-order valence-corrected chi connectivity index (χ1v) is 23.3. The molecule has 7 nitrogen and oxygen atoms in total. The zero-order valence-electron chi connectivity index (χ0n) is 34.7. The summed E-state index contributed by atoms with van der Waals surface area (Å²) in [7, 11) is 0. The third-order valence-electron chi connectivity index (χ3n) is 10.8. The SMILES string of the molecule is CCCCCCCCCCCCCCCCCCCCCCCCCCCCCCCCCCCCCCCCCCCNNNNNC(N)=O. The molecule has 0 aromatic carbocycles. The highest BCUT2D eigenvalue weighted by atomic mass is 16.2. The molecule has 0 bridgehead atoms. The lowest BCUT2D eigenvalue weighted by molar-refractivity contribution is 0.236. The second-order valence-corrected chi connectivity index (χ2v) is 15.9. The van der Waals surface area contributed by atoms with Crippen molar-refractivity contribution in [2.24, 2.45) is 5.73 Å². The van der Waals surface area contributed by atoms with Gasteiger partial charge in [-0.15, -0.1) is 0 Å². The van der Waals surface area contributed by atoms with E-state index in [9.17, 15) is 4.79 Å². The van der Waals surface area contributed by atoms with Gasteiger partial charge in [-0.25, -0.2) is 10.2 Å². The molecule has 51 heavy (non-hydrogen) atoms. The zero-order valence-corrected chi connectivity index (χ0v) is 34.7. The molecule has 0 aromatic heterocycles. The molecule has 0 aliphatic heterocycles. The van der Waals surface area contributed by atoms with E-state index >= 15 is 0 Å². The van der Waals surface area contributed by atoms with Crippen molar-refractivity contribution in [1.29, 1.82) is 0 Å². The van der Waals surface area contributed by atoms with Crippen LogP contribution in [0.25, 0.3) is 0 Å². The standard InChI is InChI=1S/C44H94N6O/c1-2-3-4-5-6-7-8-9-10-11-12-13-14-15-16-17-18-19-20-21-22-23-24-25-26-27-28-29-30-31-32-33-34-35-36-37-38-39-40-41-42-43-46-48-50-49-47-44(45)51/h46,48-50H,2-43H2,1H3,(H3,45,47,51). The molecule has 7 heteroatoms. The number of amides is 2. The van der Waals surface area contributed by atoms with Gasteiger partial charge in [-0.1, -0.05) is 264 Å². The molecule has 306 valence electrons. The Morgan fingerprint density at radius 3 is 0.745 bits per heavy atom. The van der Waals surface area contributed by atoms with Crippen molar-refractivity contribution in [3.8, 4) is 0 Å². The highest BCUT2D eigenvalue weighted by Crippen LogP contribution is 2.17. The van der Waals surface area contributed by atoms with E-state index in [4.69, 9.17) is 5.73 Å². The van der Waals surface area contributed by atoms with Gasteiger partial charge in [0.15, 0.2) is 0 Å². The predicted molar refractivity (Wildman–Crippen MR) is 225 cm³/mol. The van der Waals surface area contributed by atoms with Gasteiger partial charge in [-0.05, 0) is 6.42 Å². The van der Waals surface area contributed by atoms with E-state index in [1.54, 1.807) is 0 Å². The number of hydrazine groups is 4. The fraction of sp³-hybridized carbons (Fsp3) is 0.977. The number of urea groups is 1. The van der Waals surface area contributed by atoms with Crippen LogP contribution in [-0.2, 0) is 0 Å². The van der Waals surface area contributed by atoms with Crippen molar-refractivity contribution in [3.05, 3.63) is 0 Å². The largest absolute Gasteiger partial charge is 0.351 e. The third kappa shape index (κ3) is 49.1. The van der Waals surface area contributed by atoms with E-state index in [1.807, 2.05) is 0 Å². The number of carbonyl (C=O) groups is 1. The van der Waals surface area contributed by atoms with Crippen LogP contribution in [0, 0.1) is 0 Å². The summed E-state index contributed by atoms with van der Waals surface area (Å²) in [5.41, 5.74) is 17.9. The Kier molecular flexibility index (Phi) is 46.3. The summed E-state index contributed by atoms with van der Waals surface area (Å²) >= 11 is 0.